The highest BCUT2D eigenvalue weighted by Crippen LogP contribution is 2.32. The van der Waals surface area contributed by atoms with Crippen molar-refractivity contribution in [3.05, 3.63) is 70.2 Å². The van der Waals surface area contributed by atoms with Gasteiger partial charge in [-0.3, -0.25) is 20.4 Å². The number of carbonyl (C=O) groups excluding carboxylic acids is 2. The summed E-state index contributed by atoms with van der Waals surface area (Å²) in [5, 5.41) is 45.9. The van der Waals surface area contributed by atoms with Crippen LogP contribution in [0.25, 0.3) is 0 Å². The molecule has 9 heterocycles. The van der Waals surface area contributed by atoms with Crippen molar-refractivity contribution in [2.75, 3.05) is 95.3 Å². The van der Waals surface area contributed by atoms with Crippen LogP contribution in [0.15, 0.2) is 36.4 Å². The number of rotatable bonds is 10. The molecule has 0 radical (unpaired) electrons. The van der Waals surface area contributed by atoms with Crippen LogP contribution in [0.2, 0.25) is 0 Å². The fourth-order valence-electron chi connectivity index (χ4n) is 9.32. The number of nitrogens with zero attached hydrogens (tertiary/aromatic N) is 5. The first-order chi connectivity index (χ1) is 34.3. The van der Waals surface area contributed by atoms with E-state index in [4.69, 9.17) is 34.5 Å². The number of nitrogens with one attached hydrogen (secondary N) is 3. The largest absolute Gasteiger partial charge is 0.444 e. The Hall–Kier alpha value is -4.61. The topological polar surface area (TPSA) is 268 Å². The third-order valence-corrected chi connectivity index (χ3v) is 12.8. The van der Waals surface area contributed by atoms with E-state index >= 15 is 0 Å². The van der Waals surface area contributed by atoms with Crippen molar-refractivity contribution < 1.29 is 53.7 Å². The number of likely N-dealkylation sites (tertiary alicyclic amines) is 2. The third kappa shape index (κ3) is 18.7. The minimum absolute atomic E-state index is 0.0648. The van der Waals surface area contributed by atoms with E-state index in [-0.39, 0.29) is 30.8 Å². The second kappa shape index (κ2) is 27.1. The number of hydrogen-bond donors (Lipinski definition) is 8. The Kier molecular flexibility index (Phi) is 21.3. The molecule has 400 valence electrons. The molecule has 6 fully saturated rings. The van der Waals surface area contributed by atoms with Gasteiger partial charge in [0.1, 0.15) is 28.7 Å². The lowest BCUT2D eigenvalue weighted by atomic mass is 9.96. The second-order valence-electron chi connectivity index (χ2n) is 21.3. The molecule has 6 aliphatic heterocycles. The van der Waals surface area contributed by atoms with Gasteiger partial charge in [0.05, 0.1) is 61.8 Å². The second-order valence-corrected chi connectivity index (χ2v) is 21.3. The molecule has 0 aromatic carbocycles. The van der Waals surface area contributed by atoms with Crippen molar-refractivity contribution >= 4 is 29.6 Å². The number of aromatic nitrogens is 3. The molecule has 6 saturated heterocycles. The van der Waals surface area contributed by atoms with Gasteiger partial charge in [-0.1, -0.05) is 18.2 Å². The predicted molar refractivity (Wildman–Crippen MR) is 273 cm³/mol. The van der Waals surface area contributed by atoms with Crippen LogP contribution in [0.1, 0.15) is 132 Å². The summed E-state index contributed by atoms with van der Waals surface area (Å²) >= 11 is 0. The molecule has 0 aliphatic carbocycles. The van der Waals surface area contributed by atoms with Crippen LogP contribution in [0.5, 0.6) is 0 Å². The summed E-state index contributed by atoms with van der Waals surface area (Å²) in [5.74, 6) is 2.46. The van der Waals surface area contributed by atoms with Gasteiger partial charge in [0.2, 0.25) is 0 Å². The molecule has 3 aromatic heterocycles. The van der Waals surface area contributed by atoms with Gasteiger partial charge < -0.3 is 55.2 Å². The molecule has 20 nitrogen and oxygen atoms in total. The minimum atomic E-state index is -0.564. The number of nitrogen functional groups attached to an aromatic ring is 1. The Balaban J connectivity index is 0.000000168. The molecule has 0 saturated carbocycles. The van der Waals surface area contributed by atoms with E-state index in [1.807, 2.05) is 45.0 Å². The Labute approximate surface area is 424 Å². The first-order valence-corrected chi connectivity index (χ1v) is 25.6. The van der Waals surface area contributed by atoms with Crippen molar-refractivity contribution in [1.29, 1.82) is 0 Å². The number of carbonyl (C=O) groups is 2. The lowest BCUT2D eigenvalue weighted by molar-refractivity contribution is 0.0623. The monoisotopic (exact) mass is 1010 g/mol. The van der Waals surface area contributed by atoms with Gasteiger partial charge in [-0.05, 0) is 122 Å². The van der Waals surface area contributed by atoms with E-state index < -0.39 is 23.4 Å². The SMILES string of the molecule is CC(C)(C)OC(=O)Nc1ccc(C2CCOC2)c(CO)n1.CC(C)(C)OC(=O)Nc1ccc([C@H]2CCOC2)c(CN2CC[C@H](O)C2)n1.Nc1ccc([C@H]2CCOC2)c(CN2CC[C@H](O)C2)n1.O[C@H]1CCNC1. The third-order valence-electron chi connectivity index (χ3n) is 12.8. The Morgan fingerprint density at radius 1 is 0.639 bits per heavy atom. The minimum Gasteiger partial charge on any atom is -0.444 e. The number of aliphatic hydroxyl groups is 4. The highest BCUT2D eigenvalue weighted by atomic mass is 16.6. The lowest BCUT2D eigenvalue weighted by Gasteiger charge is -2.21. The highest BCUT2D eigenvalue weighted by Gasteiger charge is 2.29. The number of aliphatic hydroxyl groups excluding tert-OH is 4. The fraction of sp³-hybridized carbons (Fsp3) is 0.673. The molecule has 0 spiro atoms. The van der Waals surface area contributed by atoms with Crippen LogP contribution < -0.4 is 21.7 Å². The average Bonchev–Trinajstić information content (AvgIpc) is 4.17. The normalized spacial score (nSPS) is 24.4. The van der Waals surface area contributed by atoms with E-state index in [9.17, 15) is 24.9 Å². The van der Waals surface area contributed by atoms with Crippen molar-refractivity contribution in [2.24, 2.45) is 0 Å². The number of β-amino-alcohol motifs (C(OH)–C–C–N with tert-alkyl or cyclic N) is 3. The summed E-state index contributed by atoms with van der Waals surface area (Å²) in [4.78, 5) is 41.7. The van der Waals surface area contributed by atoms with Crippen molar-refractivity contribution in [2.45, 2.75) is 147 Å². The maximum Gasteiger partial charge on any atom is 0.413 e. The number of hydrogen-bond acceptors (Lipinski definition) is 18. The van der Waals surface area contributed by atoms with Crippen molar-refractivity contribution in [1.82, 2.24) is 30.1 Å². The number of pyridine rings is 3. The molecule has 9 N–H and O–H groups in total. The van der Waals surface area contributed by atoms with E-state index in [0.29, 0.717) is 61.3 Å². The quantitative estimate of drug-likeness (QED) is 0.133. The van der Waals surface area contributed by atoms with Crippen LogP contribution in [-0.2, 0) is 43.4 Å². The lowest BCUT2D eigenvalue weighted by Crippen LogP contribution is -2.28. The first-order valence-electron chi connectivity index (χ1n) is 25.6. The van der Waals surface area contributed by atoms with Gasteiger partial charge in [0.25, 0.3) is 0 Å². The maximum absolute atomic E-state index is 12.0. The first kappa shape index (κ1) is 56.7. The van der Waals surface area contributed by atoms with Crippen LogP contribution in [0.4, 0.5) is 27.0 Å². The van der Waals surface area contributed by atoms with Crippen LogP contribution in [-0.4, -0.2) is 166 Å². The predicted octanol–water partition coefficient (Wildman–Crippen LogP) is 5.00. The molecule has 72 heavy (non-hydrogen) atoms. The summed E-state index contributed by atoms with van der Waals surface area (Å²) in [5.41, 5.74) is 10.6. The van der Waals surface area contributed by atoms with E-state index in [1.165, 1.54) is 11.1 Å². The molecule has 2 amide bonds. The molecular weight excluding hydrogens is 927 g/mol. The van der Waals surface area contributed by atoms with Gasteiger partial charge in [0, 0.05) is 83.4 Å². The molecule has 1 unspecified atom stereocenters. The Morgan fingerprint density at radius 3 is 1.42 bits per heavy atom. The summed E-state index contributed by atoms with van der Waals surface area (Å²) in [6.07, 6.45) is 3.94. The number of nitrogens with two attached hydrogens (primary N) is 1. The smallest absolute Gasteiger partial charge is 0.413 e. The molecule has 9 rings (SSSR count). The maximum atomic E-state index is 12.0. The fourth-order valence-corrected chi connectivity index (χ4v) is 9.32. The summed E-state index contributed by atoms with van der Waals surface area (Å²) in [6.45, 7) is 21.5. The summed E-state index contributed by atoms with van der Waals surface area (Å²) < 4.78 is 26.8. The molecule has 0 bridgehead atoms. The van der Waals surface area contributed by atoms with Crippen LogP contribution in [0.3, 0.4) is 0 Å². The zero-order valence-corrected chi connectivity index (χ0v) is 43.2. The number of ether oxygens (including phenoxy) is 5. The molecular formula is C52H81N9O11. The summed E-state index contributed by atoms with van der Waals surface area (Å²) in [7, 11) is 0. The van der Waals surface area contributed by atoms with Crippen LogP contribution in [0, 0.1) is 0 Å². The molecule has 6 atom stereocenters. The number of anilines is 3. The molecule has 20 heteroatoms. The van der Waals surface area contributed by atoms with E-state index in [1.54, 1.807) is 26.8 Å². The van der Waals surface area contributed by atoms with Crippen molar-refractivity contribution in [3.8, 4) is 0 Å². The van der Waals surface area contributed by atoms with Gasteiger partial charge in [-0.2, -0.15) is 0 Å². The van der Waals surface area contributed by atoms with Gasteiger partial charge in [-0.25, -0.2) is 24.5 Å². The zero-order chi connectivity index (χ0) is 51.8. The highest BCUT2D eigenvalue weighted by molar-refractivity contribution is 5.84. The van der Waals surface area contributed by atoms with Crippen LogP contribution >= 0.6 is 0 Å². The van der Waals surface area contributed by atoms with Gasteiger partial charge in [0.15, 0.2) is 0 Å². The zero-order valence-electron chi connectivity index (χ0n) is 43.2. The van der Waals surface area contributed by atoms with E-state index in [2.05, 4.69) is 46.8 Å². The van der Waals surface area contributed by atoms with Gasteiger partial charge in [-0.15, -0.1) is 0 Å². The standard InChI is InChI=1S/C19H29N3O4.C15H22N2O4.C14H21N3O2.C4H9NO/c1-19(2,3)26-18(24)21-17-5-4-15(13-7-9-25-12-13)16(20-17)11-22-8-6-14(23)10-22;1-15(2,3)21-14(19)17-13-5-4-11(12(8-18)16-13)10-6-7-20-9-10;15-14-2-1-12(10-4-6-19-9-10)13(16-14)8-17-5-3-11(18)7-17;6-4-1-2-5-3-4/h4-5,13-14,23H,6-12H2,1-3H3,(H,20,21,24);4-5,10,18H,6-9H2,1-3H3,(H,16,17,19);1-2,10-11,18H,3-9H2,(H2,15,16);4-6H,1-3H2/t13-,14-;;10-,11-;4-/m0.00/s1. The Morgan fingerprint density at radius 2 is 1.07 bits per heavy atom. The number of amides is 2. The average molecular weight is 1010 g/mol. The van der Waals surface area contributed by atoms with E-state index in [0.717, 1.165) is 121 Å². The Bertz CT molecular complexity index is 2170. The van der Waals surface area contributed by atoms with Gasteiger partial charge >= 0.3 is 12.2 Å². The molecule has 6 aliphatic rings. The molecule has 3 aromatic rings. The van der Waals surface area contributed by atoms with Crippen molar-refractivity contribution in [3.63, 3.8) is 0 Å². The summed E-state index contributed by atoms with van der Waals surface area (Å²) in [6, 6.07) is 11.4.